The van der Waals surface area contributed by atoms with Gasteiger partial charge in [-0.15, -0.1) is 0 Å². The molecule has 1 unspecified atom stereocenters. The van der Waals surface area contributed by atoms with Gasteiger partial charge in [-0.1, -0.05) is 37.1 Å². The molecule has 12 heteroatoms. The number of aliphatic hydroxyl groups excluding tert-OH is 1. The van der Waals surface area contributed by atoms with Crippen LogP contribution in [-0.2, 0) is 21.2 Å². The van der Waals surface area contributed by atoms with Crippen LogP contribution in [0.4, 0.5) is 22.7 Å². The van der Waals surface area contributed by atoms with Crippen LogP contribution < -0.4 is 20.9 Å². The Balaban J connectivity index is 1.85. The van der Waals surface area contributed by atoms with E-state index in [9.17, 15) is 23.1 Å². The number of unbranched alkanes of at least 4 members (excludes halogenated alkanes) is 1. The molecule has 2 amide bonds. The summed E-state index contributed by atoms with van der Waals surface area (Å²) in [4.78, 5) is 32.6. The molecule has 43 heavy (non-hydrogen) atoms. The fourth-order valence-corrected chi connectivity index (χ4v) is 5.11. The molecule has 0 aliphatic carbocycles. The molecule has 1 atom stereocenters. The van der Waals surface area contributed by atoms with Gasteiger partial charge in [0.05, 0.1) is 30.3 Å². The molecule has 0 heterocycles. The lowest BCUT2D eigenvalue weighted by Gasteiger charge is -2.20. The summed E-state index contributed by atoms with van der Waals surface area (Å²) >= 11 is 0. The topological polar surface area (TPSA) is 143 Å². The largest absolute Gasteiger partial charge is 0.480 e. The van der Waals surface area contributed by atoms with Crippen molar-refractivity contribution in [2.24, 2.45) is 0 Å². The lowest BCUT2D eigenvalue weighted by atomic mass is 10.1. The minimum Gasteiger partial charge on any atom is -0.480 e. The number of carbonyl (C=O) groups excluding carboxylic acids is 2. The third kappa shape index (κ3) is 8.32. The van der Waals surface area contributed by atoms with Crippen LogP contribution in [0.3, 0.4) is 0 Å². The van der Waals surface area contributed by atoms with Crippen LogP contribution in [0.15, 0.2) is 53.4 Å². The molecule has 0 spiro atoms. The summed E-state index contributed by atoms with van der Waals surface area (Å²) in [7, 11) is -3.84. The van der Waals surface area contributed by atoms with Gasteiger partial charge in [-0.05, 0) is 68.1 Å². The SMILES string of the molecule is [C-]#[N+]c1cc(NNC(=O)c2cc(NC(=O)C(CCCC)Oc3ccc(C)cc3C)ccc2CO)c(S(C)(=O)=O)cc1[N+]#[C-]. The van der Waals surface area contributed by atoms with Crippen molar-refractivity contribution in [1.29, 1.82) is 0 Å². The van der Waals surface area contributed by atoms with Crippen molar-refractivity contribution in [3.8, 4) is 5.75 Å². The van der Waals surface area contributed by atoms with Crippen LogP contribution in [0.2, 0.25) is 0 Å². The summed E-state index contributed by atoms with van der Waals surface area (Å²) in [6.07, 6.45) is 2.24. The van der Waals surface area contributed by atoms with Gasteiger partial charge < -0.3 is 15.2 Å². The minimum absolute atomic E-state index is 0.0114. The molecule has 0 saturated heterocycles. The molecule has 0 saturated carbocycles. The lowest BCUT2D eigenvalue weighted by Crippen LogP contribution is -2.34. The zero-order valence-electron chi connectivity index (χ0n) is 24.3. The van der Waals surface area contributed by atoms with Gasteiger partial charge >= 0.3 is 0 Å². The molecular weight excluding hydrogens is 570 g/mol. The Bertz CT molecular complexity index is 1720. The Hall–Kier alpha value is -4.91. The number of amides is 2. The summed E-state index contributed by atoms with van der Waals surface area (Å²) in [6.45, 7) is 19.9. The average Bonchev–Trinajstić information content (AvgIpc) is 2.97. The number of aryl methyl sites for hydroxylation is 2. The number of rotatable bonds is 12. The van der Waals surface area contributed by atoms with Crippen molar-refractivity contribution in [2.75, 3.05) is 17.0 Å². The predicted molar refractivity (Wildman–Crippen MR) is 164 cm³/mol. The third-order valence-corrected chi connectivity index (χ3v) is 7.67. The Morgan fingerprint density at radius 2 is 1.72 bits per heavy atom. The maximum absolute atomic E-state index is 13.3. The number of nitrogens with one attached hydrogen (secondary N) is 3. The van der Waals surface area contributed by atoms with Crippen LogP contribution in [0, 0.1) is 27.0 Å². The number of hydrazine groups is 1. The molecule has 3 aromatic rings. The van der Waals surface area contributed by atoms with Gasteiger partial charge in [0.1, 0.15) is 5.75 Å². The quantitative estimate of drug-likeness (QED) is 0.155. The summed E-state index contributed by atoms with van der Waals surface area (Å²) in [5, 5.41) is 12.6. The fourth-order valence-electron chi connectivity index (χ4n) is 4.28. The average molecular weight is 604 g/mol. The molecular formula is C31H33N5O6S. The Morgan fingerprint density at radius 3 is 2.33 bits per heavy atom. The second kappa shape index (κ2) is 14.3. The number of hydrogen-bond acceptors (Lipinski definition) is 7. The second-order valence-electron chi connectivity index (χ2n) is 9.95. The van der Waals surface area contributed by atoms with Gasteiger partial charge in [0.15, 0.2) is 27.3 Å². The van der Waals surface area contributed by atoms with Crippen molar-refractivity contribution >= 4 is 44.4 Å². The number of carbonyl (C=O) groups is 2. The zero-order chi connectivity index (χ0) is 31.7. The molecule has 0 aliphatic rings. The first kappa shape index (κ1) is 32.6. The molecule has 11 nitrogen and oxygen atoms in total. The highest BCUT2D eigenvalue weighted by molar-refractivity contribution is 7.90. The highest BCUT2D eigenvalue weighted by Crippen LogP contribution is 2.36. The van der Waals surface area contributed by atoms with E-state index in [-0.39, 0.29) is 38.8 Å². The molecule has 0 bridgehead atoms. The van der Waals surface area contributed by atoms with Crippen molar-refractivity contribution in [3.63, 3.8) is 0 Å². The van der Waals surface area contributed by atoms with E-state index in [0.717, 1.165) is 42.4 Å². The summed E-state index contributed by atoms with van der Waals surface area (Å²) in [5.41, 5.74) is 7.08. The van der Waals surface area contributed by atoms with Gasteiger partial charge in [-0.25, -0.2) is 8.42 Å². The number of ether oxygens (including phenoxy) is 1. The number of nitrogens with zero attached hydrogens (tertiary/aromatic N) is 2. The van der Waals surface area contributed by atoms with E-state index in [1.54, 1.807) is 6.07 Å². The smallest absolute Gasteiger partial charge is 0.270 e. The van der Waals surface area contributed by atoms with Gasteiger partial charge in [0.2, 0.25) is 0 Å². The number of sulfone groups is 1. The normalized spacial score (nSPS) is 11.5. The van der Waals surface area contributed by atoms with Crippen LogP contribution in [0.1, 0.15) is 53.2 Å². The molecule has 0 aliphatic heterocycles. The van der Waals surface area contributed by atoms with Gasteiger partial charge in [0, 0.05) is 17.5 Å². The first-order valence-electron chi connectivity index (χ1n) is 13.4. The Kier molecular flexibility index (Phi) is 10.9. The van der Waals surface area contributed by atoms with E-state index in [1.807, 2.05) is 39.0 Å². The first-order valence-corrected chi connectivity index (χ1v) is 15.3. The van der Waals surface area contributed by atoms with Crippen molar-refractivity contribution in [3.05, 3.63) is 93.6 Å². The number of anilines is 2. The van der Waals surface area contributed by atoms with E-state index < -0.39 is 34.4 Å². The summed E-state index contributed by atoms with van der Waals surface area (Å²) in [6, 6.07) is 12.4. The van der Waals surface area contributed by atoms with E-state index in [4.69, 9.17) is 17.9 Å². The number of benzene rings is 3. The van der Waals surface area contributed by atoms with Crippen molar-refractivity contribution in [2.45, 2.75) is 57.6 Å². The van der Waals surface area contributed by atoms with E-state index in [2.05, 4.69) is 25.9 Å². The van der Waals surface area contributed by atoms with E-state index in [0.29, 0.717) is 12.2 Å². The van der Waals surface area contributed by atoms with Gasteiger partial charge in [0.25, 0.3) is 11.8 Å². The van der Waals surface area contributed by atoms with Crippen LogP contribution in [-0.4, -0.2) is 37.7 Å². The van der Waals surface area contributed by atoms with Crippen molar-refractivity contribution < 1.29 is 27.9 Å². The number of aliphatic hydroxyl groups is 1. The van der Waals surface area contributed by atoms with Crippen LogP contribution in [0.5, 0.6) is 5.75 Å². The van der Waals surface area contributed by atoms with E-state index >= 15 is 0 Å². The number of hydrogen-bond donors (Lipinski definition) is 4. The molecule has 224 valence electrons. The summed E-state index contributed by atoms with van der Waals surface area (Å²) in [5.74, 6) is -0.547. The highest BCUT2D eigenvalue weighted by atomic mass is 32.2. The van der Waals surface area contributed by atoms with Crippen LogP contribution >= 0.6 is 0 Å². The van der Waals surface area contributed by atoms with Gasteiger partial charge in [-0.2, -0.15) is 0 Å². The lowest BCUT2D eigenvalue weighted by molar-refractivity contribution is -0.123. The molecule has 4 N–H and O–H groups in total. The monoisotopic (exact) mass is 603 g/mol. The maximum atomic E-state index is 13.3. The van der Waals surface area contributed by atoms with Crippen LogP contribution in [0.25, 0.3) is 9.69 Å². The molecule has 0 aromatic heterocycles. The first-order chi connectivity index (χ1) is 20.4. The predicted octanol–water partition coefficient (Wildman–Crippen LogP) is 5.63. The van der Waals surface area contributed by atoms with Gasteiger partial charge in [-0.3, -0.25) is 30.1 Å². The standard InChI is InChI=1S/C31H33N5O6S/c1-7-8-9-28(42-27-13-10-19(2)14-20(27)3)31(39)34-22-12-11-21(18-37)23(15-22)30(38)36-35-26-16-24(32-4)25(33-5)17-29(26)43(6,40)41/h10-17,28,35,37H,7-9,18H2,1-3,6H3,(H,34,39)(H,36,38). The Labute approximate surface area is 251 Å². The third-order valence-electron chi connectivity index (χ3n) is 6.53. The zero-order valence-corrected chi connectivity index (χ0v) is 25.1. The second-order valence-corrected chi connectivity index (χ2v) is 11.9. The maximum Gasteiger partial charge on any atom is 0.270 e. The fraction of sp³-hybridized carbons (Fsp3) is 0.290. The van der Waals surface area contributed by atoms with Crippen molar-refractivity contribution in [1.82, 2.24) is 5.43 Å². The van der Waals surface area contributed by atoms with E-state index in [1.165, 1.54) is 12.1 Å². The minimum atomic E-state index is -3.84. The molecule has 3 aromatic carbocycles. The highest BCUT2D eigenvalue weighted by Gasteiger charge is 2.23. The molecule has 3 rings (SSSR count). The molecule has 0 radical (unpaired) electrons. The Morgan fingerprint density at radius 1 is 1.02 bits per heavy atom. The molecule has 0 fully saturated rings. The summed E-state index contributed by atoms with van der Waals surface area (Å²) < 4.78 is 30.8.